The van der Waals surface area contributed by atoms with Crippen LogP contribution in [0.15, 0.2) is 28.9 Å². The van der Waals surface area contributed by atoms with Gasteiger partial charge in [0.05, 0.1) is 5.69 Å². The lowest BCUT2D eigenvalue weighted by molar-refractivity contribution is 0.418. The summed E-state index contributed by atoms with van der Waals surface area (Å²) in [6.45, 7) is 4.65. The molecule has 0 unspecified atom stereocenters. The van der Waals surface area contributed by atoms with Gasteiger partial charge >= 0.3 is 0 Å². The topological polar surface area (TPSA) is 57.9 Å². The average Bonchev–Trinajstić information content (AvgIpc) is 3.07. The van der Waals surface area contributed by atoms with Crippen LogP contribution in [0.4, 0.5) is 5.69 Å². The van der Waals surface area contributed by atoms with E-state index in [9.17, 15) is 0 Å². The Hall–Kier alpha value is -1.33. The van der Waals surface area contributed by atoms with Crippen molar-refractivity contribution in [3.8, 4) is 11.3 Å². The summed E-state index contributed by atoms with van der Waals surface area (Å²) in [7, 11) is 2.17. The van der Waals surface area contributed by atoms with Gasteiger partial charge < -0.3 is 10.6 Å². The summed E-state index contributed by atoms with van der Waals surface area (Å²) in [4.78, 5) is 2.36. The monoisotopic (exact) mass is 336 g/mol. The van der Waals surface area contributed by atoms with E-state index in [2.05, 4.69) is 38.1 Å². The molecule has 20 heavy (non-hydrogen) atoms. The van der Waals surface area contributed by atoms with E-state index in [1.54, 1.807) is 6.20 Å². The van der Waals surface area contributed by atoms with E-state index >= 15 is 0 Å². The van der Waals surface area contributed by atoms with E-state index < -0.39 is 0 Å². The molecule has 3 rings (SSSR count). The van der Waals surface area contributed by atoms with E-state index in [0.29, 0.717) is 0 Å². The second kappa shape index (κ2) is 6.90. The second-order valence-corrected chi connectivity index (χ2v) is 6.02. The third-order valence-corrected chi connectivity index (χ3v) is 4.31. The number of nitrogen functional groups attached to an aromatic ring is 1. The first kappa shape index (κ1) is 15.1. The Morgan fingerprint density at radius 3 is 2.50 bits per heavy atom. The van der Waals surface area contributed by atoms with Crippen LogP contribution in [-0.2, 0) is 0 Å². The molecule has 0 amide bonds. The van der Waals surface area contributed by atoms with Gasteiger partial charge in [-0.15, -0.1) is 0 Å². The van der Waals surface area contributed by atoms with Gasteiger partial charge in [-0.25, -0.2) is 0 Å². The van der Waals surface area contributed by atoms with Crippen molar-refractivity contribution >= 4 is 21.6 Å². The van der Waals surface area contributed by atoms with Crippen molar-refractivity contribution in [2.24, 2.45) is 0 Å². The quantitative estimate of drug-likeness (QED) is 0.784. The Bertz CT molecular complexity index is 545. The van der Waals surface area contributed by atoms with Crippen LogP contribution in [0.1, 0.15) is 18.4 Å². The number of aromatic nitrogens is 2. The predicted molar refractivity (Wildman–Crippen MR) is 87.6 cm³/mol. The first-order valence-electron chi connectivity index (χ1n) is 6.82. The molecule has 1 aromatic carbocycles. The SMILES string of the molecule is CN1CCCC1.Cc1cc(N)c(-c2ccn[nH]2)cc1Br. The van der Waals surface area contributed by atoms with Crippen molar-refractivity contribution < 1.29 is 0 Å². The number of halogens is 1. The van der Waals surface area contributed by atoms with Crippen LogP contribution in [0.2, 0.25) is 0 Å². The second-order valence-electron chi connectivity index (χ2n) is 5.17. The number of rotatable bonds is 1. The highest BCUT2D eigenvalue weighted by Crippen LogP contribution is 2.29. The zero-order chi connectivity index (χ0) is 14.5. The van der Waals surface area contributed by atoms with E-state index in [1.807, 2.05) is 25.1 Å². The molecule has 3 N–H and O–H groups in total. The first-order valence-corrected chi connectivity index (χ1v) is 7.61. The van der Waals surface area contributed by atoms with Crippen molar-refractivity contribution in [3.05, 3.63) is 34.4 Å². The van der Waals surface area contributed by atoms with Crippen LogP contribution in [0.3, 0.4) is 0 Å². The fraction of sp³-hybridized carbons (Fsp3) is 0.400. The standard InChI is InChI=1S/C10H10BrN3.C5H11N/c1-6-4-9(12)7(5-8(6)11)10-2-3-13-14-10;1-6-4-2-3-5-6/h2-5H,12H2,1H3,(H,13,14);2-5H2,1H3. The number of aromatic amines is 1. The number of aryl methyl sites for hydroxylation is 1. The average molecular weight is 337 g/mol. The number of hydrogen-bond donors (Lipinski definition) is 2. The van der Waals surface area contributed by atoms with E-state index in [0.717, 1.165) is 27.0 Å². The van der Waals surface area contributed by atoms with Gasteiger partial charge in [-0.05, 0) is 63.7 Å². The molecule has 0 atom stereocenters. The number of hydrogen-bond acceptors (Lipinski definition) is 3. The lowest BCUT2D eigenvalue weighted by Gasteiger charge is -2.06. The summed E-state index contributed by atoms with van der Waals surface area (Å²) in [6.07, 6.45) is 4.54. The minimum atomic E-state index is 0.759. The lowest BCUT2D eigenvalue weighted by Crippen LogP contribution is -2.10. The fourth-order valence-corrected chi connectivity index (χ4v) is 2.56. The van der Waals surface area contributed by atoms with Crippen molar-refractivity contribution in [1.82, 2.24) is 15.1 Å². The predicted octanol–water partition coefficient (Wildman–Crippen LogP) is 3.44. The van der Waals surface area contributed by atoms with Crippen molar-refractivity contribution in [3.63, 3.8) is 0 Å². The summed E-state index contributed by atoms with van der Waals surface area (Å²) < 4.78 is 1.05. The summed E-state index contributed by atoms with van der Waals surface area (Å²) in [5.74, 6) is 0. The number of nitrogens with two attached hydrogens (primary N) is 1. The molecule has 1 aliphatic rings. The Balaban J connectivity index is 0.000000205. The Morgan fingerprint density at radius 2 is 2.00 bits per heavy atom. The number of nitrogens with zero attached hydrogens (tertiary/aromatic N) is 2. The Morgan fingerprint density at radius 1 is 1.30 bits per heavy atom. The maximum Gasteiger partial charge on any atom is 0.0671 e. The molecular weight excluding hydrogens is 316 g/mol. The smallest absolute Gasteiger partial charge is 0.0671 e. The van der Waals surface area contributed by atoms with Gasteiger partial charge in [-0.3, -0.25) is 5.10 Å². The van der Waals surface area contributed by atoms with Crippen LogP contribution < -0.4 is 5.73 Å². The summed E-state index contributed by atoms with van der Waals surface area (Å²) in [5, 5.41) is 6.79. The molecule has 0 radical (unpaired) electrons. The maximum atomic E-state index is 5.91. The summed E-state index contributed by atoms with van der Waals surface area (Å²) in [5.41, 5.74) is 9.71. The van der Waals surface area contributed by atoms with Crippen molar-refractivity contribution in [1.29, 1.82) is 0 Å². The molecule has 0 aliphatic carbocycles. The maximum absolute atomic E-state index is 5.91. The van der Waals surface area contributed by atoms with Gasteiger partial charge in [0.2, 0.25) is 0 Å². The number of likely N-dealkylation sites (tertiary alicyclic amines) is 1. The van der Waals surface area contributed by atoms with E-state index in [-0.39, 0.29) is 0 Å². The van der Waals surface area contributed by atoms with E-state index in [1.165, 1.54) is 25.9 Å². The molecule has 108 valence electrons. The molecular formula is C15H21BrN4. The van der Waals surface area contributed by atoms with Gasteiger partial charge in [0.15, 0.2) is 0 Å². The first-order chi connectivity index (χ1) is 9.58. The van der Waals surface area contributed by atoms with E-state index in [4.69, 9.17) is 5.73 Å². The lowest BCUT2D eigenvalue weighted by atomic mass is 10.1. The van der Waals surface area contributed by atoms with Gasteiger partial charge in [0, 0.05) is 21.9 Å². The third-order valence-electron chi connectivity index (χ3n) is 3.45. The van der Waals surface area contributed by atoms with Crippen LogP contribution in [0.5, 0.6) is 0 Å². The fourth-order valence-electron chi connectivity index (χ4n) is 2.22. The molecule has 0 spiro atoms. The Labute approximate surface area is 128 Å². The normalized spacial score (nSPS) is 14.9. The van der Waals surface area contributed by atoms with Crippen molar-refractivity contribution in [2.75, 3.05) is 25.9 Å². The molecule has 0 saturated carbocycles. The van der Waals surface area contributed by atoms with Crippen LogP contribution in [0, 0.1) is 6.92 Å². The number of benzene rings is 1. The molecule has 1 fully saturated rings. The third kappa shape index (κ3) is 3.84. The van der Waals surface area contributed by atoms with Gasteiger partial charge in [-0.2, -0.15) is 5.10 Å². The van der Waals surface area contributed by atoms with Crippen molar-refractivity contribution in [2.45, 2.75) is 19.8 Å². The molecule has 1 aromatic heterocycles. The highest BCUT2D eigenvalue weighted by Gasteiger charge is 2.06. The van der Waals surface area contributed by atoms with Crippen LogP contribution in [0.25, 0.3) is 11.3 Å². The zero-order valence-electron chi connectivity index (χ0n) is 12.0. The number of nitrogens with one attached hydrogen (secondary N) is 1. The van der Waals surface area contributed by atoms with Gasteiger partial charge in [-0.1, -0.05) is 15.9 Å². The van der Waals surface area contributed by atoms with Gasteiger partial charge in [0.25, 0.3) is 0 Å². The molecule has 0 bridgehead atoms. The molecule has 5 heteroatoms. The minimum absolute atomic E-state index is 0.759. The summed E-state index contributed by atoms with van der Waals surface area (Å²) in [6, 6.07) is 5.84. The molecule has 4 nitrogen and oxygen atoms in total. The largest absolute Gasteiger partial charge is 0.398 e. The number of H-pyrrole nitrogens is 1. The highest BCUT2D eigenvalue weighted by molar-refractivity contribution is 9.10. The van der Waals surface area contributed by atoms with Crippen LogP contribution >= 0.6 is 15.9 Å². The summed E-state index contributed by atoms with van der Waals surface area (Å²) >= 11 is 3.48. The molecule has 1 aliphatic heterocycles. The number of anilines is 1. The molecule has 2 heterocycles. The molecule has 2 aromatic rings. The highest BCUT2D eigenvalue weighted by atomic mass is 79.9. The van der Waals surface area contributed by atoms with Crippen LogP contribution in [-0.4, -0.2) is 35.2 Å². The van der Waals surface area contributed by atoms with Gasteiger partial charge in [0.1, 0.15) is 0 Å². The minimum Gasteiger partial charge on any atom is -0.398 e. The zero-order valence-corrected chi connectivity index (χ0v) is 13.6. The molecule has 1 saturated heterocycles. The Kier molecular flexibility index (Phi) is 5.20.